The quantitative estimate of drug-likeness (QED) is 0.0451. The van der Waals surface area contributed by atoms with E-state index >= 15 is 0 Å². The molecule has 0 radical (unpaired) electrons. The van der Waals surface area contributed by atoms with Gasteiger partial charge in [0, 0.05) is 37.5 Å². The molecular weight excluding hydrogens is 973 g/mol. The minimum Gasteiger partial charge on any atom is -0.508 e. The largest absolute Gasteiger partial charge is 0.508 e. The molecule has 1 atom stereocenters. The normalized spacial score (nSPS) is 14.6. The van der Waals surface area contributed by atoms with Crippen molar-refractivity contribution in [2.75, 3.05) is 0 Å². The molecule has 0 saturated carbocycles. The standard InChI is InChI=1S/C69H70O9/c1-39-21-45(9-14-59(39)70)26-50-31-56(32-51(65(50)76)27-46-10-15-60(71)40(2)22-46)69(8,57-33-52(28-47-11-16-61(72)41(3)23-47)66(77)53(34-57)29-48-12-17-62(73)42(4)24-48)58-35-54(30-49-13-18-63(74)43(5)25-49)67(78)55(36-58)38-68(7)20-19-64(75)44(6)37-68/h9-25,31-36,70-78H,26-30,37-38H2,1-8H3. The Morgan fingerprint density at radius 3 is 0.885 bits per heavy atom. The van der Waals surface area contributed by atoms with Crippen LogP contribution in [0.3, 0.4) is 0 Å². The van der Waals surface area contributed by atoms with Crippen LogP contribution in [0, 0.1) is 40.0 Å². The summed E-state index contributed by atoms with van der Waals surface area (Å²) in [4.78, 5) is 0. The number of allylic oxidation sites excluding steroid dienone is 3. The van der Waals surface area contributed by atoms with Gasteiger partial charge in [0.25, 0.3) is 0 Å². The summed E-state index contributed by atoms with van der Waals surface area (Å²) in [5.74, 6) is 1.40. The Morgan fingerprint density at radius 2 is 0.628 bits per heavy atom. The van der Waals surface area contributed by atoms with Crippen molar-refractivity contribution in [2.24, 2.45) is 5.41 Å². The molecule has 8 aromatic rings. The van der Waals surface area contributed by atoms with Crippen molar-refractivity contribution < 1.29 is 46.0 Å². The molecule has 1 aliphatic carbocycles. The van der Waals surface area contributed by atoms with Crippen LogP contribution < -0.4 is 0 Å². The van der Waals surface area contributed by atoms with Crippen molar-refractivity contribution in [1.29, 1.82) is 0 Å². The van der Waals surface area contributed by atoms with E-state index in [4.69, 9.17) is 0 Å². The molecule has 1 aliphatic rings. The zero-order valence-corrected chi connectivity index (χ0v) is 45.8. The molecule has 8 aromatic carbocycles. The van der Waals surface area contributed by atoms with Crippen molar-refractivity contribution in [3.63, 3.8) is 0 Å². The SMILES string of the molecule is CC1=C(O)C=CC(C)(Cc2cc(C(C)(c3cc(Cc4ccc(O)c(C)c4)c(O)c(Cc4ccc(O)c(C)c4)c3)c3cc(Cc4ccc(O)c(C)c4)c(O)c(Cc4ccc(O)c(C)c4)c3)cc(Cc3ccc(O)c(C)c3)c2O)C1. The van der Waals surface area contributed by atoms with Gasteiger partial charge in [0.05, 0.1) is 0 Å². The summed E-state index contributed by atoms with van der Waals surface area (Å²) in [6.45, 7) is 15.4. The number of aliphatic hydroxyl groups excluding tert-OH is 1. The Morgan fingerprint density at radius 1 is 0.372 bits per heavy atom. The lowest BCUT2D eigenvalue weighted by Gasteiger charge is -2.36. The Balaban J connectivity index is 1.37. The van der Waals surface area contributed by atoms with Crippen molar-refractivity contribution >= 4 is 0 Å². The number of aryl methyl sites for hydroxylation is 5. The average molecular weight is 1040 g/mol. The fraction of sp³-hybridized carbons (Fsp3) is 0.246. The van der Waals surface area contributed by atoms with Crippen LogP contribution in [0.25, 0.3) is 0 Å². The van der Waals surface area contributed by atoms with E-state index in [-0.39, 0.29) is 51.8 Å². The highest BCUT2D eigenvalue weighted by atomic mass is 16.3. The van der Waals surface area contributed by atoms with Crippen LogP contribution in [0.4, 0.5) is 0 Å². The maximum atomic E-state index is 12.7. The maximum Gasteiger partial charge on any atom is 0.122 e. The molecule has 1 unspecified atom stereocenters. The number of hydrogen-bond acceptors (Lipinski definition) is 9. The van der Waals surface area contributed by atoms with E-state index in [9.17, 15) is 46.0 Å². The van der Waals surface area contributed by atoms with Gasteiger partial charge in [-0.2, -0.15) is 0 Å². The third-order valence-corrected chi connectivity index (χ3v) is 16.2. The number of hydrogen-bond donors (Lipinski definition) is 9. The van der Waals surface area contributed by atoms with E-state index in [1.165, 1.54) is 0 Å². The highest BCUT2D eigenvalue weighted by Gasteiger charge is 2.37. The molecule has 9 nitrogen and oxygen atoms in total. The Labute approximate surface area is 457 Å². The third kappa shape index (κ3) is 11.3. The summed E-state index contributed by atoms with van der Waals surface area (Å²) in [7, 11) is 0. The fourth-order valence-corrected chi connectivity index (χ4v) is 11.4. The second-order valence-electron chi connectivity index (χ2n) is 22.5. The second-order valence-corrected chi connectivity index (χ2v) is 22.5. The van der Waals surface area contributed by atoms with Gasteiger partial charge in [0.1, 0.15) is 51.8 Å². The van der Waals surface area contributed by atoms with E-state index < -0.39 is 10.8 Å². The Bertz CT molecular complexity index is 3400. The lowest BCUT2D eigenvalue weighted by Crippen LogP contribution is -2.28. The van der Waals surface area contributed by atoms with Crippen LogP contribution in [-0.4, -0.2) is 46.0 Å². The number of aromatic hydroxyl groups is 8. The molecule has 0 saturated heterocycles. The minimum atomic E-state index is -1.14. The van der Waals surface area contributed by atoms with Gasteiger partial charge in [0.2, 0.25) is 0 Å². The Hall–Kier alpha value is -8.56. The average Bonchev–Trinajstić information content (AvgIpc) is 3.59. The van der Waals surface area contributed by atoms with Gasteiger partial charge < -0.3 is 46.0 Å². The van der Waals surface area contributed by atoms with Crippen molar-refractivity contribution in [1.82, 2.24) is 0 Å². The molecule has 400 valence electrons. The lowest BCUT2D eigenvalue weighted by molar-refractivity contribution is 0.361. The van der Waals surface area contributed by atoms with E-state index in [0.717, 1.165) is 50.1 Å². The predicted octanol–water partition coefficient (Wildman–Crippen LogP) is 14.5. The van der Waals surface area contributed by atoms with Crippen LogP contribution in [0.2, 0.25) is 0 Å². The number of rotatable bonds is 15. The first-order valence-electron chi connectivity index (χ1n) is 26.5. The zero-order chi connectivity index (χ0) is 56.0. The van der Waals surface area contributed by atoms with Gasteiger partial charge in [0.15, 0.2) is 0 Å². The minimum absolute atomic E-state index is 0.105. The predicted molar refractivity (Wildman–Crippen MR) is 309 cm³/mol. The Kier molecular flexibility index (Phi) is 14.9. The van der Waals surface area contributed by atoms with Gasteiger partial charge in [-0.1, -0.05) is 110 Å². The second kappa shape index (κ2) is 21.5. The summed E-state index contributed by atoms with van der Waals surface area (Å²) in [6.07, 6.45) is 6.25. The molecule has 9 rings (SSSR count). The van der Waals surface area contributed by atoms with E-state index in [0.29, 0.717) is 106 Å². The van der Waals surface area contributed by atoms with Crippen LogP contribution in [0.15, 0.2) is 151 Å². The van der Waals surface area contributed by atoms with E-state index in [1.807, 2.05) is 133 Å². The maximum absolute atomic E-state index is 12.7. The topological polar surface area (TPSA) is 182 Å². The molecule has 0 bridgehead atoms. The summed E-state index contributed by atoms with van der Waals surface area (Å²) in [6, 6.07) is 39.5. The molecule has 0 spiro atoms. The van der Waals surface area contributed by atoms with Crippen molar-refractivity contribution in [3.05, 3.63) is 257 Å². The lowest BCUT2D eigenvalue weighted by atomic mass is 9.67. The van der Waals surface area contributed by atoms with Crippen LogP contribution in [0.5, 0.6) is 46.0 Å². The van der Waals surface area contributed by atoms with Gasteiger partial charge in [-0.25, -0.2) is 0 Å². The molecule has 9 N–H and O–H groups in total. The van der Waals surface area contributed by atoms with Gasteiger partial charge in [-0.3, -0.25) is 0 Å². The zero-order valence-electron chi connectivity index (χ0n) is 45.8. The van der Waals surface area contributed by atoms with Gasteiger partial charge in [-0.05, 0) is 214 Å². The van der Waals surface area contributed by atoms with Gasteiger partial charge in [-0.15, -0.1) is 0 Å². The molecule has 0 aliphatic heterocycles. The number of phenolic OH excluding ortho intramolecular Hbond substituents is 8. The molecule has 9 heteroatoms. The van der Waals surface area contributed by atoms with Gasteiger partial charge >= 0.3 is 0 Å². The fourth-order valence-electron chi connectivity index (χ4n) is 11.4. The third-order valence-electron chi connectivity index (χ3n) is 16.2. The summed E-state index contributed by atoms with van der Waals surface area (Å²) in [5.41, 5.74) is 13.3. The monoisotopic (exact) mass is 1040 g/mol. The summed E-state index contributed by atoms with van der Waals surface area (Å²) in [5, 5.41) is 102. The first kappa shape index (κ1) is 54.2. The molecule has 0 fully saturated rings. The van der Waals surface area contributed by atoms with Crippen molar-refractivity contribution in [3.8, 4) is 46.0 Å². The first-order valence-corrected chi connectivity index (χ1v) is 26.5. The molecule has 0 amide bonds. The van der Waals surface area contributed by atoms with Crippen molar-refractivity contribution in [2.45, 2.75) is 106 Å². The number of phenols is 8. The number of aliphatic hydroxyl groups is 1. The highest BCUT2D eigenvalue weighted by Crippen LogP contribution is 2.48. The molecule has 78 heavy (non-hydrogen) atoms. The smallest absolute Gasteiger partial charge is 0.122 e. The summed E-state index contributed by atoms with van der Waals surface area (Å²) < 4.78 is 0. The first-order chi connectivity index (χ1) is 37.0. The molecule has 0 heterocycles. The number of benzene rings is 8. The van der Waals surface area contributed by atoms with Crippen LogP contribution >= 0.6 is 0 Å². The van der Waals surface area contributed by atoms with Crippen LogP contribution in [0.1, 0.15) is 133 Å². The molecular formula is C69H70O9. The summed E-state index contributed by atoms with van der Waals surface area (Å²) >= 11 is 0. The van der Waals surface area contributed by atoms with E-state index in [2.05, 4.69) is 26.0 Å². The highest BCUT2D eigenvalue weighted by molar-refractivity contribution is 5.63. The van der Waals surface area contributed by atoms with E-state index in [1.54, 1.807) is 36.4 Å². The molecule has 0 aromatic heterocycles. The van der Waals surface area contributed by atoms with Crippen LogP contribution in [-0.2, 0) is 43.9 Å².